The Morgan fingerprint density at radius 2 is 0.369 bits per heavy atom. The van der Waals surface area contributed by atoms with Gasteiger partial charge >= 0.3 is 49.4 Å². The largest absolute Gasteiger partial charge is 0.416 e. The second-order valence-corrected chi connectivity index (χ2v) is 34.5. The summed E-state index contributed by atoms with van der Waals surface area (Å²) in [5, 5.41) is 4.19. The van der Waals surface area contributed by atoms with Gasteiger partial charge in [-0.25, -0.2) is 0 Å². The van der Waals surface area contributed by atoms with E-state index in [1.165, 1.54) is 52.9 Å². The molecule has 0 aliphatic heterocycles. The molecule has 0 aliphatic carbocycles. The molecule has 7 aromatic carbocycles. The van der Waals surface area contributed by atoms with Crippen molar-refractivity contribution in [3.05, 3.63) is 208 Å². The first-order valence-corrected chi connectivity index (χ1v) is 37.4. The van der Waals surface area contributed by atoms with Crippen LogP contribution in [0.4, 0.5) is 105 Å². The van der Waals surface area contributed by atoms with Gasteiger partial charge in [0.25, 0.3) is 0 Å². The van der Waals surface area contributed by atoms with Gasteiger partial charge in [0.15, 0.2) is 0 Å². The maximum Gasteiger partial charge on any atom is 0.416 e. The van der Waals surface area contributed by atoms with Crippen molar-refractivity contribution in [2.45, 2.75) is 132 Å². The van der Waals surface area contributed by atoms with Crippen LogP contribution in [0.5, 0.6) is 0 Å². The van der Waals surface area contributed by atoms with E-state index in [1.54, 1.807) is 0 Å². The van der Waals surface area contributed by atoms with E-state index in [2.05, 4.69) is 174 Å². The molecule has 0 atom stereocenters. The van der Waals surface area contributed by atoms with Crippen LogP contribution in [0, 0.1) is 35.5 Å². The molecule has 0 aromatic heterocycles. The van der Waals surface area contributed by atoms with Crippen LogP contribution in [0.2, 0.25) is 0 Å². The van der Waals surface area contributed by atoms with Gasteiger partial charge in [-0.2, -0.15) is 127 Å². The third-order valence-corrected chi connectivity index (χ3v) is 25.1. The number of rotatable bonds is 19. The van der Waals surface area contributed by atoms with E-state index >= 15 is 0 Å². The molecule has 103 heavy (non-hydrogen) atoms. The predicted octanol–water partition coefficient (Wildman–Crippen LogP) is 23.5. The molecule has 0 aliphatic rings. The average Bonchev–Trinajstić information content (AvgIpc) is 0.708. The number of hydrogen-bond acceptors (Lipinski definition) is 0. The van der Waals surface area contributed by atoms with Crippen molar-refractivity contribution in [2.75, 3.05) is 37.0 Å². The van der Waals surface area contributed by atoms with Gasteiger partial charge < -0.3 is 0 Å². The Kier molecular flexibility index (Phi) is 33.6. The molecule has 0 saturated heterocycles. The third kappa shape index (κ3) is 28.5. The van der Waals surface area contributed by atoms with Crippen LogP contribution in [0.3, 0.4) is 0 Å². The first kappa shape index (κ1) is 92.0. The molecule has 7 rings (SSSR count). The molecule has 573 valence electrons. The maximum atomic E-state index is 14.2. The van der Waals surface area contributed by atoms with Crippen LogP contribution in [0.25, 0.3) is 0 Å². The predicted molar refractivity (Wildman–Crippen MR) is 367 cm³/mol. The standard InChI is InChI=1S/C32H12BF24.C18H15P.2C12H27P.Rh/c34-25(35,36)13-1-14(26(37,38)39)6-21(5-13)33(22-7-15(27(40,41)42)2-16(8-22)28(43,44)45,23-9-17(29(46,47)48)3-18(10-23)30(49,50)51)24-11-19(31(52,53)54)4-20(12-24)32(55,56)57;1-4-10-16(11-5-1)19(17-12-6-2-7-13-17)18-14-8-3-9-15-18;2*1-10(2)7-13(8-11(3)4)9-12(5)6;/h1-12H;1-15H;2*10-12H,7-9H2,1-6H3;/q-1;;;;. The van der Waals surface area contributed by atoms with Crippen LogP contribution in [-0.2, 0) is 68.9 Å². The van der Waals surface area contributed by atoms with Gasteiger partial charge in [0, 0.05) is 19.5 Å². The summed E-state index contributed by atoms with van der Waals surface area (Å²) in [5.41, 5.74) is -30.2. The fourth-order valence-electron chi connectivity index (χ4n) is 11.8. The Bertz CT molecular complexity index is 3100. The summed E-state index contributed by atoms with van der Waals surface area (Å²) >= 11 is 0. The molecular formula is C74H81BF24P3Rh-. The van der Waals surface area contributed by atoms with Crippen molar-refractivity contribution in [2.24, 2.45) is 35.5 Å². The second-order valence-electron chi connectivity index (χ2n) is 27.4. The summed E-state index contributed by atoms with van der Waals surface area (Å²) in [7, 11) is 0.196. The zero-order valence-electron chi connectivity index (χ0n) is 58.1. The van der Waals surface area contributed by atoms with Crippen LogP contribution in [-0.4, -0.2) is 43.1 Å². The fourth-order valence-corrected chi connectivity index (χ4v) is 21.2. The van der Waals surface area contributed by atoms with Gasteiger partial charge in [-0.3, -0.25) is 0 Å². The molecular weight excluding hydrogens is 1550 g/mol. The maximum absolute atomic E-state index is 14.2. The molecule has 29 heteroatoms. The summed E-state index contributed by atoms with van der Waals surface area (Å²) in [5.74, 6) is 5.35. The van der Waals surface area contributed by atoms with E-state index in [-0.39, 0.29) is 19.5 Å². The Hall–Kier alpha value is -5.16. The third-order valence-electron chi connectivity index (χ3n) is 15.2. The SMILES string of the molecule is CC(C)CP(CC(C)C)CC(C)C.CC(C)CP(CC(C)C)CC(C)C.FC(F)(F)c1cc([B-](c2cc(C(F)(F)F)cc(C(F)(F)F)c2)(c2cc(C(F)(F)F)cc(C(F)(F)F)c2)c2cc(C(F)(F)F)cc(C(F)(F)F)c2)cc(C(F)(F)F)c1.[Rh].c1ccc(P(c2ccccc2)c2ccccc2)cc1. The van der Waals surface area contributed by atoms with Crippen LogP contribution in [0.15, 0.2) is 164 Å². The van der Waals surface area contributed by atoms with Gasteiger partial charge in [0.1, 0.15) is 6.15 Å². The Balaban J connectivity index is 0.000000478. The Morgan fingerprint density at radius 1 is 0.233 bits per heavy atom. The summed E-state index contributed by atoms with van der Waals surface area (Å²) in [6, 6.07) is 23.5. The monoisotopic (exact) mass is 1630 g/mol. The molecule has 0 spiro atoms. The topological polar surface area (TPSA) is 0 Å². The van der Waals surface area contributed by atoms with Crippen molar-refractivity contribution in [1.82, 2.24) is 0 Å². The number of halogens is 24. The van der Waals surface area contributed by atoms with Crippen LogP contribution >= 0.6 is 23.8 Å². The zero-order valence-corrected chi connectivity index (χ0v) is 62.4. The van der Waals surface area contributed by atoms with Gasteiger partial charge in [-0.1, -0.05) is 223 Å². The summed E-state index contributed by atoms with van der Waals surface area (Å²) in [4.78, 5) is 0. The van der Waals surface area contributed by atoms with Gasteiger partial charge in [-0.15, -0.1) is 15.8 Å². The molecule has 0 saturated carbocycles. The van der Waals surface area contributed by atoms with E-state index in [1.807, 2.05) is 0 Å². The molecule has 0 bridgehead atoms. The van der Waals surface area contributed by atoms with Crippen molar-refractivity contribution in [3.8, 4) is 0 Å². The van der Waals surface area contributed by atoms with Gasteiger partial charge in [-0.05, 0) is 121 Å². The Morgan fingerprint density at radius 3 is 0.485 bits per heavy atom. The molecule has 1 radical (unpaired) electrons. The van der Waals surface area contributed by atoms with Crippen molar-refractivity contribution >= 4 is 67.7 Å². The first-order chi connectivity index (χ1) is 46.5. The zero-order chi connectivity index (χ0) is 77.7. The summed E-state index contributed by atoms with van der Waals surface area (Å²) in [6.07, 6.45) is -45.9. The van der Waals surface area contributed by atoms with Gasteiger partial charge in [0.2, 0.25) is 0 Å². The quantitative estimate of drug-likeness (QED) is 0.0430. The second kappa shape index (κ2) is 37.6. The molecule has 0 nitrogen and oxygen atoms in total. The number of benzene rings is 7. The molecule has 0 heterocycles. The van der Waals surface area contributed by atoms with Crippen molar-refractivity contribution < 1.29 is 125 Å². The molecule has 7 aromatic rings. The number of alkyl halides is 24. The minimum absolute atomic E-state index is 0. The minimum atomic E-state index is -6.13. The average molecular weight is 1630 g/mol. The van der Waals surface area contributed by atoms with Crippen LogP contribution in [0.1, 0.15) is 128 Å². The van der Waals surface area contributed by atoms with E-state index in [9.17, 15) is 105 Å². The van der Waals surface area contributed by atoms with Crippen molar-refractivity contribution in [3.63, 3.8) is 0 Å². The van der Waals surface area contributed by atoms with Crippen LogP contribution < -0.4 is 37.8 Å². The minimum Gasteiger partial charge on any atom is -0.194 e. The molecule has 0 N–H and O–H groups in total. The fraction of sp³-hybridized carbons (Fsp3) is 0.432. The van der Waals surface area contributed by atoms with E-state index in [4.69, 9.17) is 0 Å². The van der Waals surface area contributed by atoms with Gasteiger partial charge in [0.05, 0.1) is 44.5 Å². The van der Waals surface area contributed by atoms with E-state index in [0.717, 1.165) is 35.5 Å². The molecule has 0 unspecified atom stereocenters. The molecule has 0 amide bonds. The van der Waals surface area contributed by atoms with E-state index < -0.39 is 203 Å². The van der Waals surface area contributed by atoms with Crippen molar-refractivity contribution in [1.29, 1.82) is 0 Å². The van der Waals surface area contributed by atoms with E-state index in [0.29, 0.717) is 15.8 Å². The number of hydrogen-bond donors (Lipinski definition) is 0. The summed E-state index contributed by atoms with van der Waals surface area (Å²) < 4.78 is 341. The summed E-state index contributed by atoms with van der Waals surface area (Å²) in [6.45, 7) is 28.3. The molecule has 0 fully saturated rings. The Labute approximate surface area is 602 Å². The smallest absolute Gasteiger partial charge is 0.194 e. The first-order valence-electron chi connectivity index (χ1n) is 32.3. The normalized spacial score (nSPS) is 13.0.